The Bertz CT molecular complexity index is 1360. The van der Waals surface area contributed by atoms with E-state index >= 15 is 0 Å². The van der Waals surface area contributed by atoms with Crippen LogP contribution in [-0.2, 0) is 17.9 Å². The standard InChI is InChI=1S/C32H44N8O2/c1-23(2)35-27-16-24-17-28(19-27)36-32-34-10-8-29(37-32)25-6-7-30(42-4)26(18-25)21-38(3)11-5-9-33-31(41)22-40-14-12-39(20-24)13-15-40/h6-8,10,16-19,23,35H,5,9,11-15,20-22H2,1-4H3,(H,33,41)(H,34,36,37). The number of anilines is 3. The van der Waals surface area contributed by atoms with Gasteiger partial charge in [0.05, 0.1) is 19.3 Å². The van der Waals surface area contributed by atoms with E-state index in [1.54, 1.807) is 13.3 Å². The number of fused-ring (bicyclic) bond motifs is 9. The monoisotopic (exact) mass is 572 g/mol. The number of methoxy groups -OCH3 is 1. The highest BCUT2D eigenvalue weighted by Gasteiger charge is 2.20. The molecule has 3 aliphatic rings. The van der Waals surface area contributed by atoms with E-state index in [0.717, 1.165) is 86.2 Å². The molecule has 2 aromatic carbocycles. The molecule has 0 spiro atoms. The lowest BCUT2D eigenvalue weighted by Gasteiger charge is -2.34. The number of rotatable bonds is 3. The van der Waals surface area contributed by atoms with Crippen LogP contribution in [0, 0.1) is 0 Å². The molecule has 0 unspecified atom stereocenters. The van der Waals surface area contributed by atoms with Crippen LogP contribution in [0.4, 0.5) is 17.3 Å². The van der Waals surface area contributed by atoms with Gasteiger partial charge in [-0.25, -0.2) is 9.97 Å². The topological polar surface area (TPSA) is 97.9 Å². The average molecular weight is 573 g/mol. The fourth-order valence-corrected chi connectivity index (χ4v) is 5.61. The summed E-state index contributed by atoms with van der Waals surface area (Å²) in [5.41, 5.74) is 6.15. The second kappa shape index (κ2) is 14.0. The normalized spacial score (nSPS) is 20.5. The van der Waals surface area contributed by atoms with Gasteiger partial charge in [0.2, 0.25) is 11.9 Å². The third-order valence-corrected chi connectivity index (χ3v) is 7.65. The van der Waals surface area contributed by atoms with Crippen LogP contribution in [0.15, 0.2) is 48.7 Å². The Morgan fingerprint density at radius 1 is 0.952 bits per heavy atom. The van der Waals surface area contributed by atoms with Crippen molar-refractivity contribution in [1.29, 1.82) is 0 Å². The van der Waals surface area contributed by atoms with Gasteiger partial charge in [0.1, 0.15) is 5.75 Å². The van der Waals surface area contributed by atoms with Crippen molar-refractivity contribution in [3.63, 3.8) is 0 Å². The summed E-state index contributed by atoms with van der Waals surface area (Å²) in [4.78, 5) is 29.0. The number of nitrogens with zero attached hydrogens (tertiary/aromatic N) is 5. The Kier molecular flexibility index (Phi) is 9.89. The summed E-state index contributed by atoms with van der Waals surface area (Å²) in [6.45, 7) is 11.4. The van der Waals surface area contributed by atoms with E-state index in [9.17, 15) is 4.79 Å². The van der Waals surface area contributed by atoms with Gasteiger partial charge in [-0.2, -0.15) is 0 Å². The summed E-state index contributed by atoms with van der Waals surface area (Å²) in [7, 11) is 3.80. The van der Waals surface area contributed by atoms with Crippen LogP contribution >= 0.6 is 0 Å². The van der Waals surface area contributed by atoms with Gasteiger partial charge in [-0.1, -0.05) is 0 Å². The van der Waals surface area contributed by atoms with Crippen LogP contribution in [0.5, 0.6) is 5.75 Å². The van der Waals surface area contributed by atoms with Crippen molar-refractivity contribution in [1.82, 2.24) is 30.0 Å². The summed E-state index contributed by atoms with van der Waals surface area (Å²) in [5.74, 6) is 1.50. The quantitative estimate of drug-likeness (QED) is 0.433. The summed E-state index contributed by atoms with van der Waals surface area (Å²) < 4.78 is 5.68. The van der Waals surface area contributed by atoms with Crippen molar-refractivity contribution in [3.8, 4) is 17.0 Å². The minimum Gasteiger partial charge on any atom is -0.496 e. The van der Waals surface area contributed by atoms with Crippen LogP contribution in [-0.4, -0.2) is 96.6 Å². The largest absolute Gasteiger partial charge is 0.496 e. The highest BCUT2D eigenvalue weighted by atomic mass is 16.5. The van der Waals surface area contributed by atoms with Crippen molar-refractivity contribution < 1.29 is 9.53 Å². The van der Waals surface area contributed by atoms with Crippen molar-refractivity contribution in [2.75, 3.05) is 70.6 Å². The van der Waals surface area contributed by atoms with E-state index in [0.29, 0.717) is 25.1 Å². The molecule has 1 fully saturated rings. The third kappa shape index (κ3) is 8.18. The van der Waals surface area contributed by atoms with E-state index < -0.39 is 0 Å². The van der Waals surface area contributed by atoms with E-state index in [4.69, 9.17) is 9.72 Å². The molecule has 224 valence electrons. The lowest BCUT2D eigenvalue weighted by Crippen LogP contribution is -2.49. The van der Waals surface area contributed by atoms with Gasteiger partial charge >= 0.3 is 0 Å². The highest BCUT2D eigenvalue weighted by molar-refractivity contribution is 5.78. The lowest BCUT2D eigenvalue weighted by atomic mass is 10.1. The number of aromatic nitrogens is 2. The molecule has 10 nitrogen and oxygen atoms in total. The number of hydrogen-bond acceptors (Lipinski definition) is 9. The predicted molar refractivity (Wildman–Crippen MR) is 168 cm³/mol. The Labute approximate surface area is 249 Å². The van der Waals surface area contributed by atoms with E-state index in [1.807, 2.05) is 18.2 Å². The van der Waals surface area contributed by atoms with Crippen molar-refractivity contribution in [3.05, 3.63) is 59.8 Å². The molecule has 6 rings (SSSR count). The van der Waals surface area contributed by atoms with Crippen molar-refractivity contribution in [2.24, 2.45) is 0 Å². The molecule has 4 heterocycles. The number of hydrogen-bond donors (Lipinski definition) is 3. The van der Waals surface area contributed by atoms with Gasteiger partial charge in [-0.3, -0.25) is 14.6 Å². The maximum atomic E-state index is 12.6. The van der Waals surface area contributed by atoms with Gasteiger partial charge in [0.25, 0.3) is 0 Å². The average Bonchev–Trinajstić information content (AvgIpc) is 2.95. The summed E-state index contributed by atoms with van der Waals surface area (Å²) >= 11 is 0. The van der Waals surface area contributed by atoms with Crippen LogP contribution in [0.2, 0.25) is 0 Å². The zero-order valence-electron chi connectivity index (χ0n) is 25.3. The molecule has 1 amide bonds. The Balaban J connectivity index is 1.45. The first-order valence-corrected chi connectivity index (χ1v) is 14.9. The number of carbonyl (C=O) groups excluding carboxylic acids is 1. The number of piperazine rings is 1. The van der Waals surface area contributed by atoms with Gasteiger partial charge in [-0.15, -0.1) is 0 Å². The van der Waals surface area contributed by atoms with E-state index in [-0.39, 0.29) is 5.91 Å². The number of benzene rings is 2. The second-order valence-electron chi connectivity index (χ2n) is 11.6. The van der Waals surface area contributed by atoms with Gasteiger partial charge in [0.15, 0.2) is 0 Å². The second-order valence-corrected chi connectivity index (χ2v) is 11.6. The lowest BCUT2D eigenvalue weighted by molar-refractivity contribution is -0.122. The molecule has 0 aliphatic carbocycles. The summed E-state index contributed by atoms with van der Waals surface area (Å²) in [6, 6.07) is 14.9. The molecule has 1 aromatic heterocycles. The first-order valence-electron chi connectivity index (χ1n) is 14.9. The number of ether oxygens (including phenoxy) is 1. The Morgan fingerprint density at radius 3 is 2.50 bits per heavy atom. The van der Waals surface area contributed by atoms with Crippen LogP contribution in [0.25, 0.3) is 11.3 Å². The Hall–Kier alpha value is -3.73. The van der Waals surface area contributed by atoms with Crippen molar-refractivity contribution in [2.45, 2.75) is 39.4 Å². The molecule has 1 saturated heterocycles. The number of amides is 1. The molecule has 3 aromatic rings. The molecule has 42 heavy (non-hydrogen) atoms. The fourth-order valence-electron chi connectivity index (χ4n) is 5.61. The number of nitrogens with one attached hydrogen (secondary N) is 3. The molecule has 3 N–H and O–H groups in total. The fraction of sp³-hybridized carbons (Fsp3) is 0.469. The minimum absolute atomic E-state index is 0.102. The predicted octanol–water partition coefficient (Wildman–Crippen LogP) is 3.79. The van der Waals surface area contributed by atoms with Gasteiger partial charge in [0, 0.05) is 80.6 Å². The smallest absolute Gasteiger partial charge is 0.234 e. The number of carbonyl (C=O) groups is 1. The zero-order valence-corrected chi connectivity index (χ0v) is 25.3. The summed E-state index contributed by atoms with van der Waals surface area (Å²) in [5, 5.41) is 10.1. The van der Waals surface area contributed by atoms with Crippen LogP contribution in [0.3, 0.4) is 0 Å². The molecular formula is C32H44N8O2. The molecule has 0 saturated carbocycles. The molecular weight excluding hydrogens is 528 g/mol. The van der Waals surface area contributed by atoms with Crippen molar-refractivity contribution >= 4 is 23.2 Å². The van der Waals surface area contributed by atoms with Crippen LogP contribution in [0.1, 0.15) is 31.4 Å². The molecule has 10 heteroatoms. The van der Waals surface area contributed by atoms with Gasteiger partial charge in [-0.05, 0) is 81.9 Å². The maximum absolute atomic E-state index is 12.6. The molecule has 0 atom stereocenters. The molecule has 8 bridgehead atoms. The Morgan fingerprint density at radius 2 is 1.74 bits per heavy atom. The first-order chi connectivity index (χ1) is 20.3. The SMILES string of the molecule is COc1ccc2cc1CN(C)CCCNC(=O)CN1CCN(CC1)Cc1cc(cc(NC(C)C)c1)Nc1nccc-2n1. The zero-order chi connectivity index (χ0) is 29.5. The van der Waals surface area contributed by atoms with Crippen LogP contribution < -0.4 is 20.7 Å². The minimum atomic E-state index is 0.102. The maximum Gasteiger partial charge on any atom is 0.234 e. The highest BCUT2D eigenvalue weighted by Crippen LogP contribution is 2.28. The third-order valence-electron chi connectivity index (χ3n) is 7.65. The summed E-state index contributed by atoms with van der Waals surface area (Å²) in [6.07, 6.45) is 2.68. The first kappa shape index (κ1) is 29.8. The van der Waals surface area contributed by atoms with Gasteiger partial charge < -0.3 is 25.6 Å². The van der Waals surface area contributed by atoms with E-state index in [2.05, 4.69) is 80.8 Å². The molecule has 0 radical (unpaired) electrons. The van der Waals surface area contributed by atoms with E-state index in [1.165, 1.54) is 5.56 Å². The molecule has 3 aliphatic heterocycles.